The quantitative estimate of drug-likeness (QED) is 0.647. The van der Waals surface area contributed by atoms with E-state index in [1.165, 1.54) is 0 Å². The van der Waals surface area contributed by atoms with Gasteiger partial charge in [0.2, 0.25) is 0 Å². The van der Waals surface area contributed by atoms with E-state index in [1.807, 2.05) is 6.08 Å². The van der Waals surface area contributed by atoms with Gasteiger partial charge in [-0.2, -0.15) is 0 Å². The van der Waals surface area contributed by atoms with Gasteiger partial charge in [-0.3, -0.25) is 9.69 Å². The maximum atomic E-state index is 11.4. The highest BCUT2D eigenvalue weighted by atomic mass is 16.5. The molecule has 0 aromatic rings. The SMILES string of the molecule is CCN1CCC=C(C(=O)COC)C1. The first-order valence-corrected chi connectivity index (χ1v) is 4.71. The van der Waals surface area contributed by atoms with E-state index < -0.39 is 0 Å². The Labute approximate surface area is 79.4 Å². The molecule has 0 bridgehead atoms. The van der Waals surface area contributed by atoms with E-state index in [1.54, 1.807) is 7.11 Å². The molecular weight excluding hydrogens is 166 g/mol. The second-order valence-corrected chi connectivity index (χ2v) is 3.24. The second-order valence-electron chi connectivity index (χ2n) is 3.24. The van der Waals surface area contributed by atoms with Gasteiger partial charge < -0.3 is 4.74 Å². The topological polar surface area (TPSA) is 29.5 Å². The van der Waals surface area contributed by atoms with Crippen LogP contribution in [0.15, 0.2) is 11.6 Å². The summed E-state index contributed by atoms with van der Waals surface area (Å²) in [6, 6.07) is 0. The van der Waals surface area contributed by atoms with Crippen LogP contribution in [0.5, 0.6) is 0 Å². The Morgan fingerprint density at radius 3 is 3.08 bits per heavy atom. The third-order valence-corrected chi connectivity index (χ3v) is 2.31. The molecule has 0 unspecified atom stereocenters. The van der Waals surface area contributed by atoms with Crippen LogP contribution in [0.2, 0.25) is 0 Å². The highest BCUT2D eigenvalue weighted by Gasteiger charge is 2.16. The highest BCUT2D eigenvalue weighted by Crippen LogP contribution is 2.09. The van der Waals surface area contributed by atoms with Crippen LogP contribution >= 0.6 is 0 Å². The summed E-state index contributed by atoms with van der Waals surface area (Å²) in [5.41, 5.74) is 0.912. The fraction of sp³-hybridized carbons (Fsp3) is 0.700. The lowest BCUT2D eigenvalue weighted by atomic mass is 10.1. The number of hydrogen-bond acceptors (Lipinski definition) is 3. The van der Waals surface area contributed by atoms with Crippen LogP contribution in [-0.2, 0) is 9.53 Å². The molecule has 3 nitrogen and oxygen atoms in total. The lowest BCUT2D eigenvalue weighted by Crippen LogP contribution is -2.32. The van der Waals surface area contributed by atoms with Crippen LogP contribution in [0.4, 0.5) is 0 Å². The van der Waals surface area contributed by atoms with Crippen molar-refractivity contribution in [1.29, 1.82) is 0 Å². The number of carbonyl (C=O) groups is 1. The van der Waals surface area contributed by atoms with Crippen LogP contribution < -0.4 is 0 Å². The Morgan fingerprint density at radius 2 is 2.46 bits per heavy atom. The van der Waals surface area contributed by atoms with Gasteiger partial charge in [-0.05, 0) is 13.0 Å². The Morgan fingerprint density at radius 1 is 1.69 bits per heavy atom. The largest absolute Gasteiger partial charge is 0.377 e. The Kier molecular flexibility index (Phi) is 4.12. The van der Waals surface area contributed by atoms with Crippen molar-refractivity contribution in [3.63, 3.8) is 0 Å². The van der Waals surface area contributed by atoms with Crippen molar-refractivity contribution < 1.29 is 9.53 Å². The van der Waals surface area contributed by atoms with Gasteiger partial charge in [0.15, 0.2) is 5.78 Å². The van der Waals surface area contributed by atoms with Gasteiger partial charge in [-0.25, -0.2) is 0 Å². The molecule has 0 aliphatic carbocycles. The normalized spacial score (nSPS) is 18.5. The predicted molar refractivity (Wildman–Crippen MR) is 51.7 cm³/mol. The first-order valence-electron chi connectivity index (χ1n) is 4.71. The predicted octanol–water partition coefficient (Wildman–Crippen LogP) is 0.854. The third kappa shape index (κ3) is 2.94. The van der Waals surface area contributed by atoms with Crippen LogP contribution in [0.1, 0.15) is 13.3 Å². The van der Waals surface area contributed by atoms with E-state index in [4.69, 9.17) is 4.74 Å². The third-order valence-electron chi connectivity index (χ3n) is 2.31. The van der Waals surface area contributed by atoms with Gasteiger partial charge in [0, 0.05) is 25.8 Å². The molecular formula is C10H17NO2. The van der Waals surface area contributed by atoms with E-state index in [0.717, 1.165) is 31.6 Å². The molecule has 0 radical (unpaired) electrons. The highest BCUT2D eigenvalue weighted by molar-refractivity contribution is 5.96. The summed E-state index contributed by atoms with van der Waals surface area (Å²) in [4.78, 5) is 13.7. The van der Waals surface area contributed by atoms with Crippen molar-refractivity contribution in [2.45, 2.75) is 13.3 Å². The number of methoxy groups -OCH3 is 1. The number of likely N-dealkylation sites (N-methyl/N-ethyl adjacent to an activating group) is 1. The molecule has 0 spiro atoms. The second kappa shape index (κ2) is 5.14. The van der Waals surface area contributed by atoms with Crippen LogP contribution in [0, 0.1) is 0 Å². The summed E-state index contributed by atoms with van der Waals surface area (Å²) >= 11 is 0. The van der Waals surface area contributed by atoms with Gasteiger partial charge in [0.1, 0.15) is 6.61 Å². The van der Waals surface area contributed by atoms with E-state index in [9.17, 15) is 4.79 Å². The van der Waals surface area contributed by atoms with Crippen LogP contribution in [-0.4, -0.2) is 44.0 Å². The molecule has 1 aliphatic heterocycles. The Balaban J connectivity index is 2.50. The molecule has 0 fully saturated rings. The first-order chi connectivity index (χ1) is 6.27. The van der Waals surface area contributed by atoms with Gasteiger partial charge >= 0.3 is 0 Å². The number of ketones is 1. The molecule has 0 aromatic heterocycles. The zero-order valence-electron chi connectivity index (χ0n) is 8.38. The standard InChI is InChI=1S/C10H17NO2/c1-3-11-6-4-5-9(7-11)10(12)8-13-2/h5H,3-4,6-8H2,1-2H3. The van der Waals surface area contributed by atoms with E-state index >= 15 is 0 Å². The van der Waals surface area contributed by atoms with Crippen LogP contribution in [0.25, 0.3) is 0 Å². The minimum Gasteiger partial charge on any atom is -0.377 e. The monoisotopic (exact) mass is 183 g/mol. The molecule has 0 atom stereocenters. The van der Waals surface area contributed by atoms with Gasteiger partial charge in [0.25, 0.3) is 0 Å². The van der Waals surface area contributed by atoms with E-state index in [-0.39, 0.29) is 12.4 Å². The molecule has 0 saturated carbocycles. The molecule has 1 aliphatic rings. The van der Waals surface area contributed by atoms with Crippen LogP contribution in [0.3, 0.4) is 0 Å². The van der Waals surface area contributed by atoms with Crippen molar-refractivity contribution in [2.24, 2.45) is 0 Å². The molecule has 13 heavy (non-hydrogen) atoms. The molecule has 0 saturated heterocycles. The molecule has 1 heterocycles. The van der Waals surface area contributed by atoms with E-state index in [2.05, 4.69) is 11.8 Å². The summed E-state index contributed by atoms with van der Waals surface area (Å²) < 4.78 is 4.82. The summed E-state index contributed by atoms with van der Waals surface area (Å²) in [6.07, 6.45) is 3.02. The maximum absolute atomic E-state index is 11.4. The summed E-state index contributed by atoms with van der Waals surface area (Å²) in [7, 11) is 1.55. The number of carbonyl (C=O) groups excluding carboxylic acids is 1. The Hall–Kier alpha value is -0.670. The smallest absolute Gasteiger partial charge is 0.185 e. The number of rotatable bonds is 4. The number of ether oxygens (including phenoxy) is 1. The summed E-state index contributed by atoms with van der Waals surface area (Å²) in [5, 5.41) is 0. The summed E-state index contributed by atoms with van der Waals surface area (Å²) in [5.74, 6) is 0.126. The summed E-state index contributed by atoms with van der Waals surface area (Å²) in [6.45, 7) is 5.20. The van der Waals surface area contributed by atoms with Gasteiger partial charge in [-0.1, -0.05) is 13.0 Å². The lowest BCUT2D eigenvalue weighted by Gasteiger charge is -2.24. The molecule has 0 aromatic carbocycles. The van der Waals surface area contributed by atoms with Crippen molar-refractivity contribution in [3.05, 3.63) is 11.6 Å². The fourth-order valence-electron chi connectivity index (χ4n) is 1.50. The number of nitrogens with zero attached hydrogens (tertiary/aromatic N) is 1. The minimum absolute atomic E-state index is 0.126. The van der Waals surface area contributed by atoms with Crippen molar-refractivity contribution in [1.82, 2.24) is 4.90 Å². The average molecular weight is 183 g/mol. The van der Waals surface area contributed by atoms with Crippen molar-refractivity contribution in [3.8, 4) is 0 Å². The number of Topliss-reactive ketones (excluding diaryl/α,β-unsaturated/α-hetero) is 1. The maximum Gasteiger partial charge on any atom is 0.185 e. The molecule has 0 N–H and O–H groups in total. The molecule has 1 rings (SSSR count). The Bertz CT molecular complexity index is 211. The average Bonchev–Trinajstić information content (AvgIpc) is 2.18. The van der Waals surface area contributed by atoms with E-state index in [0.29, 0.717) is 0 Å². The van der Waals surface area contributed by atoms with Crippen molar-refractivity contribution >= 4 is 5.78 Å². The fourth-order valence-corrected chi connectivity index (χ4v) is 1.50. The lowest BCUT2D eigenvalue weighted by molar-refractivity contribution is -0.119. The first kappa shape index (κ1) is 10.4. The number of hydrogen-bond donors (Lipinski definition) is 0. The molecule has 0 amide bonds. The zero-order valence-corrected chi connectivity index (χ0v) is 8.38. The molecule has 74 valence electrons. The molecule has 3 heteroatoms. The van der Waals surface area contributed by atoms with Gasteiger partial charge in [-0.15, -0.1) is 0 Å². The van der Waals surface area contributed by atoms with Crippen molar-refractivity contribution in [2.75, 3.05) is 33.4 Å². The van der Waals surface area contributed by atoms with Gasteiger partial charge in [0.05, 0.1) is 0 Å². The zero-order chi connectivity index (χ0) is 9.68. The minimum atomic E-state index is 0.126.